The number of unbranched alkanes of at least 4 members (excludes halogenated alkanes) is 1. The molecule has 2 N–H and O–H groups in total. The molecular weight excluding hydrogens is 372 g/mol. The molecule has 3 rings (SSSR count). The first-order valence-corrected chi connectivity index (χ1v) is 10.5. The van der Waals surface area contributed by atoms with Crippen molar-refractivity contribution in [2.45, 2.75) is 58.4 Å². The van der Waals surface area contributed by atoms with E-state index in [0.29, 0.717) is 31.1 Å². The molecule has 1 amide bonds. The van der Waals surface area contributed by atoms with Gasteiger partial charge in [0.2, 0.25) is 10.7 Å². The minimum Gasteiger partial charge on any atom is -0.359 e. The number of fused-ring (bicyclic) bond motifs is 3. The third-order valence-corrected chi connectivity index (χ3v) is 5.68. The number of para-hydroxylation sites is 1. The predicted molar refractivity (Wildman–Crippen MR) is 114 cm³/mol. The Morgan fingerprint density at radius 3 is 2.89 bits per heavy atom. The second-order valence-electron chi connectivity index (χ2n) is 7.39. The van der Waals surface area contributed by atoms with E-state index in [1.54, 1.807) is 0 Å². The van der Waals surface area contributed by atoms with E-state index in [1.165, 1.54) is 17.4 Å². The number of rotatable bonds is 9. The molecule has 150 valence electrons. The SMILES string of the molecule is CCCC[C@@H](CC)CNC(=O)CC[C@H]1Nc2c3ccccc3nc(=S)n2C1=O. The Kier molecular flexibility index (Phi) is 6.78. The maximum Gasteiger partial charge on any atom is 0.257 e. The highest BCUT2D eigenvalue weighted by Gasteiger charge is 2.32. The van der Waals surface area contributed by atoms with Crippen LogP contribution in [0.3, 0.4) is 0 Å². The lowest BCUT2D eigenvalue weighted by Crippen LogP contribution is -2.32. The van der Waals surface area contributed by atoms with Gasteiger partial charge >= 0.3 is 0 Å². The Morgan fingerprint density at radius 1 is 1.36 bits per heavy atom. The molecule has 6 nitrogen and oxygen atoms in total. The molecule has 7 heteroatoms. The fraction of sp³-hybridized carbons (Fsp3) is 0.524. The van der Waals surface area contributed by atoms with Crippen LogP contribution in [0.15, 0.2) is 24.3 Å². The third kappa shape index (κ3) is 4.41. The first kappa shape index (κ1) is 20.5. The van der Waals surface area contributed by atoms with Crippen molar-refractivity contribution in [1.82, 2.24) is 14.9 Å². The lowest BCUT2D eigenvalue weighted by molar-refractivity contribution is -0.121. The molecule has 1 aliphatic heterocycles. The highest BCUT2D eigenvalue weighted by molar-refractivity contribution is 7.71. The fourth-order valence-electron chi connectivity index (χ4n) is 3.63. The topological polar surface area (TPSA) is 76.0 Å². The molecular formula is C21H28N4O2S. The predicted octanol–water partition coefficient (Wildman–Crippen LogP) is 4.31. The smallest absolute Gasteiger partial charge is 0.257 e. The van der Waals surface area contributed by atoms with Gasteiger partial charge in [-0.1, -0.05) is 45.2 Å². The standard InChI is InChI=1S/C21H28N4O2S/c1-3-5-8-14(4-2)13-22-18(26)12-11-17-20(27)25-19(23-17)15-9-6-7-10-16(15)24-21(25)28/h6-7,9-10,14,17,23H,3-5,8,11-13H2,1-2H3,(H,22,26)/t14-,17-/m1/s1. The van der Waals surface area contributed by atoms with Gasteiger partial charge in [-0.3, -0.25) is 9.59 Å². The van der Waals surface area contributed by atoms with Crippen LogP contribution in [0.5, 0.6) is 0 Å². The summed E-state index contributed by atoms with van der Waals surface area (Å²) in [6.45, 7) is 5.05. The lowest BCUT2D eigenvalue weighted by Gasteiger charge is -2.15. The molecule has 1 aromatic carbocycles. The van der Waals surface area contributed by atoms with E-state index >= 15 is 0 Å². The van der Waals surface area contributed by atoms with Crippen LogP contribution in [0, 0.1) is 10.7 Å². The summed E-state index contributed by atoms with van der Waals surface area (Å²) in [5.74, 6) is 1.05. The zero-order valence-corrected chi connectivity index (χ0v) is 17.3. The van der Waals surface area contributed by atoms with Crippen molar-refractivity contribution in [2.75, 3.05) is 11.9 Å². The number of nitrogens with zero attached hydrogens (tertiary/aromatic N) is 2. The summed E-state index contributed by atoms with van der Waals surface area (Å²) in [4.78, 5) is 29.4. The van der Waals surface area contributed by atoms with Gasteiger partial charge in [0.05, 0.1) is 5.52 Å². The molecule has 0 spiro atoms. The molecule has 2 heterocycles. The second kappa shape index (κ2) is 9.28. The van der Waals surface area contributed by atoms with Gasteiger partial charge in [0, 0.05) is 18.4 Å². The van der Waals surface area contributed by atoms with Crippen molar-refractivity contribution >= 4 is 40.8 Å². The number of hydrogen-bond acceptors (Lipinski definition) is 5. The van der Waals surface area contributed by atoms with Crippen LogP contribution < -0.4 is 10.6 Å². The molecule has 0 saturated carbocycles. The largest absolute Gasteiger partial charge is 0.359 e. The Labute approximate surface area is 170 Å². The van der Waals surface area contributed by atoms with Crippen molar-refractivity contribution in [1.29, 1.82) is 0 Å². The van der Waals surface area contributed by atoms with Crippen LogP contribution in [0.1, 0.15) is 57.2 Å². The monoisotopic (exact) mass is 400 g/mol. The van der Waals surface area contributed by atoms with E-state index in [0.717, 1.165) is 23.7 Å². The summed E-state index contributed by atoms with van der Waals surface area (Å²) in [6.07, 6.45) is 5.31. The summed E-state index contributed by atoms with van der Waals surface area (Å²) in [7, 11) is 0. The van der Waals surface area contributed by atoms with Crippen molar-refractivity contribution in [3.63, 3.8) is 0 Å². The number of aromatic nitrogens is 2. The molecule has 0 saturated heterocycles. The van der Waals surface area contributed by atoms with Gasteiger partial charge in [0.1, 0.15) is 11.9 Å². The summed E-state index contributed by atoms with van der Waals surface area (Å²) < 4.78 is 1.71. The van der Waals surface area contributed by atoms with Crippen LogP contribution in [0.2, 0.25) is 0 Å². The molecule has 0 bridgehead atoms. The van der Waals surface area contributed by atoms with Gasteiger partial charge in [0.15, 0.2) is 0 Å². The molecule has 2 aromatic rings. The summed E-state index contributed by atoms with van der Waals surface area (Å²) in [6, 6.07) is 7.14. The molecule has 2 atom stereocenters. The van der Waals surface area contributed by atoms with Gasteiger partial charge < -0.3 is 10.6 Å². The van der Waals surface area contributed by atoms with E-state index in [2.05, 4.69) is 29.5 Å². The van der Waals surface area contributed by atoms with E-state index in [9.17, 15) is 9.59 Å². The fourth-order valence-corrected chi connectivity index (χ4v) is 3.91. The Hall–Kier alpha value is -2.28. The van der Waals surface area contributed by atoms with E-state index in [4.69, 9.17) is 12.2 Å². The number of benzene rings is 1. The van der Waals surface area contributed by atoms with Gasteiger partial charge in [0.25, 0.3) is 5.91 Å². The lowest BCUT2D eigenvalue weighted by atomic mass is 9.99. The zero-order chi connectivity index (χ0) is 20.1. The van der Waals surface area contributed by atoms with Crippen LogP contribution in [0.4, 0.5) is 5.82 Å². The number of carbonyl (C=O) groups excluding carboxylic acids is 2. The van der Waals surface area contributed by atoms with Crippen molar-refractivity contribution in [3.05, 3.63) is 29.0 Å². The summed E-state index contributed by atoms with van der Waals surface area (Å²) in [5.41, 5.74) is 0.759. The number of anilines is 1. The summed E-state index contributed by atoms with van der Waals surface area (Å²) >= 11 is 5.30. The third-order valence-electron chi connectivity index (χ3n) is 5.41. The van der Waals surface area contributed by atoms with Gasteiger partial charge in [-0.2, -0.15) is 0 Å². The first-order valence-electron chi connectivity index (χ1n) is 10.1. The normalized spacial score (nSPS) is 16.6. The van der Waals surface area contributed by atoms with E-state index in [-0.39, 0.29) is 16.6 Å². The Morgan fingerprint density at radius 2 is 2.14 bits per heavy atom. The van der Waals surface area contributed by atoms with Crippen LogP contribution in [-0.4, -0.2) is 34.0 Å². The highest BCUT2D eigenvalue weighted by atomic mass is 32.1. The minimum atomic E-state index is -0.456. The minimum absolute atomic E-state index is 0.00733. The zero-order valence-electron chi connectivity index (χ0n) is 16.5. The van der Waals surface area contributed by atoms with Crippen molar-refractivity contribution < 1.29 is 9.59 Å². The molecule has 28 heavy (non-hydrogen) atoms. The summed E-state index contributed by atoms with van der Waals surface area (Å²) in [5, 5.41) is 7.14. The molecule has 1 aromatic heterocycles. The molecule has 0 aliphatic carbocycles. The van der Waals surface area contributed by atoms with E-state index < -0.39 is 6.04 Å². The first-order chi connectivity index (χ1) is 13.5. The molecule has 0 unspecified atom stereocenters. The second-order valence-corrected chi connectivity index (χ2v) is 7.76. The van der Waals surface area contributed by atoms with Gasteiger partial charge in [-0.25, -0.2) is 9.55 Å². The molecule has 0 radical (unpaired) electrons. The highest BCUT2D eigenvalue weighted by Crippen LogP contribution is 2.29. The maximum absolute atomic E-state index is 12.8. The number of carbonyl (C=O) groups is 2. The Bertz CT molecular complexity index is 924. The van der Waals surface area contributed by atoms with Crippen molar-refractivity contribution in [2.24, 2.45) is 5.92 Å². The number of nitrogens with one attached hydrogen (secondary N) is 2. The van der Waals surface area contributed by atoms with Gasteiger partial charge in [-0.15, -0.1) is 0 Å². The number of amides is 1. The quantitative estimate of drug-likeness (QED) is 0.613. The maximum atomic E-state index is 12.8. The van der Waals surface area contributed by atoms with Crippen molar-refractivity contribution in [3.8, 4) is 0 Å². The molecule has 1 aliphatic rings. The van der Waals surface area contributed by atoms with Crippen LogP contribution in [0.25, 0.3) is 10.9 Å². The Balaban J connectivity index is 1.59. The molecule has 0 fully saturated rings. The van der Waals surface area contributed by atoms with Crippen LogP contribution >= 0.6 is 12.2 Å². The van der Waals surface area contributed by atoms with Gasteiger partial charge in [-0.05, 0) is 43.1 Å². The number of hydrogen-bond donors (Lipinski definition) is 2. The average Bonchev–Trinajstić information content (AvgIpc) is 3.04. The van der Waals surface area contributed by atoms with E-state index in [1.807, 2.05) is 24.3 Å². The van der Waals surface area contributed by atoms with Crippen LogP contribution in [-0.2, 0) is 4.79 Å². The average molecular weight is 401 g/mol.